The lowest BCUT2D eigenvalue weighted by Crippen LogP contribution is -2.50. The fraction of sp³-hybridized carbons (Fsp3) is 0.538. The maximum atomic E-state index is 6.21. The second-order valence-electron chi connectivity index (χ2n) is 4.40. The summed E-state index contributed by atoms with van der Waals surface area (Å²) < 4.78 is 5.76. The van der Waals surface area contributed by atoms with E-state index in [1.54, 1.807) is 0 Å². The first-order valence-corrected chi connectivity index (χ1v) is 6.25. The molecule has 1 aliphatic heterocycles. The molecule has 1 atom stereocenters. The molecule has 0 amide bonds. The van der Waals surface area contributed by atoms with E-state index in [0.29, 0.717) is 5.92 Å². The standard InChI is InChI=1S/C13H18ClNO/c1-3-9(2)10-4-5-13(12(14)6-10)16-11-7-15-8-11/h4-6,9,11,15H,3,7-8H2,1-2H3/t9-/m0/s1. The van der Waals surface area contributed by atoms with Crippen LogP contribution >= 0.6 is 11.6 Å². The van der Waals surface area contributed by atoms with E-state index in [1.165, 1.54) is 5.56 Å². The van der Waals surface area contributed by atoms with E-state index in [2.05, 4.69) is 25.2 Å². The minimum atomic E-state index is 0.284. The molecule has 0 saturated carbocycles. The Hall–Kier alpha value is -0.730. The van der Waals surface area contributed by atoms with Crippen molar-refractivity contribution < 1.29 is 4.74 Å². The zero-order valence-electron chi connectivity index (χ0n) is 9.79. The maximum absolute atomic E-state index is 6.21. The molecule has 1 saturated heterocycles. The van der Waals surface area contributed by atoms with E-state index in [9.17, 15) is 0 Å². The van der Waals surface area contributed by atoms with Gasteiger partial charge >= 0.3 is 0 Å². The summed E-state index contributed by atoms with van der Waals surface area (Å²) in [5, 5.41) is 3.90. The van der Waals surface area contributed by atoms with E-state index in [0.717, 1.165) is 30.3 Å². The first-order chi connectivity index (χ1) is 7.70. The maximum Gasteiger partial charge on any atom is 0.138 e. The topological polar surface area (TPSA) is 21.3 Å². The second-order valence-corrected chi connectivity index (χ2v) is 4.80. The van der Waals surface area contributed by atoms with Gasteiger partial charge in [-0.3, -0.25) is 0 Å². The van der Waals surface area contributed by atoms with Crippen LogP contribution in [0.25, 0.3) is 0 Å². The van der Waals surface area contributed by atoms with Crippen LogP contribution in [0.2, 0.25) is 5.02 Å². The van der Waals surface area contributed by atoms with Crippen molar-refractivity contribution in [2.24, 2.45) is 0 Å². The molecule has 0 aromatic heterocycles. The van der Waals surface area contributed by atoms with E-state index in [4.69, 9.17) is 16.3 Å². The van der Waals surface area contributed by atoms with Crippen LogP contribution in [-0.2, 0) is 0 Å². The first kappa shape index (κ1) is 11.7. The van der Waals surface area contributed by atoms with Gasteiger partial charge in [-0.15, -0.1) is 0 Å². The van der Waals surface area contributed by atoms with Crippen molar-refractivity contribution >= 4 is 11.6 Å². The van der Waals surface area contributed by atoms with Crippen LogP contribution in [0.3, 0.4) is 0 Å². The van der Waals surface area contributed by atoms with Gasteiger partial charge in [0.2, 0.25) is 0 Å². The third-order valence-electron chi connectivity index (χ3n) is 3.17. The second kappa shape index (κ2) is 5.07. The van der Waals surface area contributed by atoms with Gasteiger partial charge in [0.05, 0.1) is 5.02 Å². The predicted molar refractivity (Wildman–Crippen MR) is 67.4 cm³/mol. The number of halogens is 1. The van der Waals surface area contributed by atoms with E-state index < -0.39 is 0 Å². The van der Waals surface area contributed by atoms with Crippen molar-refractivity contribution in [1.29, 1.82) is 0 Å². The van der Waals surface area contributed by atoms with Crippen molar-refractivity contribution in [1.82, 2.24) is 5.32 Å². The molecule has 0 radical (unpaired) electrons. The van der Waals surface area contributed by atoms with Gasteiger partial charge in [-0.2, -0.15) is 0 Å². The van der Waals surface area contributed by atoms with Crippen LogP contribution in [0.4, 0.5) is 0 Å². The summed E-state index contributed by atoms with van der Waals surface area (Å²) in [6.07, 6.45) is 1.41. The van der Waals surface area contributed by atoms with Crippen molar-refractivity contribution in [2.45, 2.75) is 32.3 Å². The summed E-state index contributed by atoms with van der Waals surface area (Å²) in [7, 11) is 0. The molecule has 1 aromatic carbocycles. The smallest absolute Gasteiger partial charge is 0.138 e. The van der Waals surface area contributed by atoms with Crippen LogP contribution in [0, 0.1) is 0 Å². The first-order valence-electron chi connectivity index (χ1n) is 5.87. The molecule has 1 heterocycles. The zero-order valence-corrected chi connectivity index (χ0v) is 10.6. The van der Waals surface area contributed by atoms with Gasteiger partial charge in [-0.1, -0.05) is 31.5 Å². The average molecular weight is 240 g/mol. The highest BCUT2D eigenvalue weighted by molar-refractivity contribution is 6.32. The normalized spacial score (nSPS) is 17.9. The Labute approximate surface area is 102 Å². The van der Waals surface area contributed by atoms with Crippen LogP contribution < -0.4 is 10.1 Å². The summed E-state index contributed by atoms with van der Waals surface area (Å²) >= 11 is 6.21. The zero-order chi connectivity index (χ0) is 11.5. The Kier molecular flexibility index (Phi) is 3.72. The third-order valence-corrected chi connectivity index (χ3v) is 3.47. The van der Waals surface area contributed by atoms with Gasteiger partial charge in [0.1, 0.15) is 11.9 Å². The average Bonchev–Trinajstić information content (AvgIpc) is 2.23. The number of ether oxygens (including phenoxy) is 1. The van der Waals surface area contributed by atoms with Crippen molar-refractivity contribution in [3.8, 4) is 5.75 Å². The van der Waals surface area contributed by atoms with Crippen LogP contribution in [-0.4, -0.2) is 19.2 Å². The summed E-state index contributed by atoms with van der Waals surface area (Å²) in [4.78, 5) is 0. The molecule has 2 nitrogen and oxygen atoms in total. The minimum Gasteiger partial charge on any atom is -0.486 e. The molecule has 16 heavy (non-hydrogen) atoms. The van der Waals surface area contributed by atoms with Crippen molar-refractivity contribution in [3.63, 3.8) is 0 Å². The summed E-state index contributed by atoms with van der Waals surface area (Å²) in [6.45, 7) is 6.23. The van der Waals surface area contributed by atoms with Gasteiger partial charge in [-0.25, -0.2) is 0 Å². The summed E-state index contributed by atoms with van der Waals surface area (Å²) in [5.41, 5.74) is 1.28. The van der Waals surface area contributed by atoms with E-state index in [-0.39, 0.29) is 6.10 Å². The van der Waals surface area contributed by atoms with Crippen molar-refractivity contribution in [2.75, 3.05) is 13.1 Å². The van der Waals surface area contributed by atoms with Gasteiger partial charge in [0.25, 0.3) is 0 Å². The van der Waals surface area contributed by atoms with Crippen LogP contribution in [0.1, 0.15) is 31.7 Å². The summed E-state index contributed by atoms with van der Waals surface area (Å²) in [5.74, 6) is 1.36. The molecule has 1 aliphatic rings. The molecule has 0 aliphatic carbocycles. The molecular weight excluding hydrogens is 222 g/mol. The number of hydrogen-bond acceptors (Lipinski definition) is 2. The Bertz CT molecular complexity index is 363. The number of rotatable bonds is 4. The lowest BCUT2D eigenvalue weighted by molar-refractivity contribution is 0.142. The van der Waals surface area contributed by atoms with Crippen molar-refractivity contribution in [3.05, 3.63) is 28.8 Å². The number of benzene rings is 1. The predicted octanol–water partition coefficient (Wildman–Crippen LogP) is 3.20. The van der Waals surface area contributed by atoms with Crippen LogP contribution in [0.5, 0.6) is 5.75 Å². The molecule has 0 unspecified atom stereocenters. The number of hydrogen-bond donors (Lipinski definition) is 1. The Morgan fingerprint density at radius 1 is 1.50 bits per heavy atom. The van der Waals surface area contributed by atoms with Gasteiger partial charge < -0.3 is 10.1 Å². The van der Waals surface area contributed by atoms with Gasteiger partial charge in [0.15, 0.2) is 0 Å². The largest absolute Gasteiger partial charge is 0.486 e. The molecule has 1 N–H and O–H groups in total. The molecule has 1 fully saturated rings. The molecule has 1 aromatic rings. The monoisotopic (exact) mass is 239 g/mol. The Morgan fingerprint density at radius 2 is 2.25 bits per heavy atom. The van der Waals surface area contributed by atoms with Crippen LogP contribution in [0.15, 0.2) is 18.2 Å². The van der Waals surface area contributed by atoms with E-state index >= 15 is 0 Å². The lowest BCUT2D eigenvalue weighted by Gasteiger charge is -2.28. The quantitative estimate of drug-likeness (QED) is 0.871. The van der Waals surface area contributed by atoms with E-state index in [1.807, 2.05) is 12.1 Å². The number of nitrogens with one attached hydrogen (secondary N) is 1. The Balaban J connectivity index is 2.09. The highest BCUT2D eigenvalue weighted by Gasteiger charge is 2.19. The molecule has 2 rings (SSSR count). The van der Waals surface area contributed by atoms with Gasteiger partial charge in [0, 0.05) is 13.1 Å². The molecule has 88 valence electrons. The lowest BCUT2D eigenvalue weighted by atomic mass is 9.99. The fourth-order valence-corrected chi connectivity index (χ4v) is 1.91. The molecule has 3 heteroatoms. The molecular formula is C13H18ClNO. The third kappa shape index (κ3) is 2.50. The summed E-state index contributed by atoms with van der Waals surface area (Å²) in [6, 6.07) is 6.13. The Morgan fingerprint density at radius 3 is 2.75 bits per heavy atom. The minimum absolute atomic E-state index is 0.284. The fourth-order valence-electron chi connectivity index (χ4n) is 1.68. The highest BCUT2D eigenvalue weighted by Crippen LogP contribution is 2.30. The molecule has 0 bridgehead atoms. The SMILES string of the molecule is CC[C@H](C)c1ccc(OC2CNC2)c(Cl)c1. The van der Waals surface area contributed by atoms with Gasteiger partial charge in [-0.05, 0) is 30.0 Å². The molecule has 0 spiro atoms. The highest BCUT2D eigenvalue weighted by atomic mass is 35.5.